The van der Waals surface area contributed by atoms with E-state index >= 15 is 0 Å². The number of ether oxygens (including phenoxy) is 4. The molecule has 0 fully saturated rings. The van der Waals surface area contributed by atoms with Gasteiger partial charge in [-0.05, 0) is 55.3 Å². The fourth-order valence-corrected chi connectivity index (χ4v) is 5.79. The van der Waals surface area contributed by atoms with Gasteiger partial charge < -0.3 is 18.9 Å². The van der Waals surface area contributed by atoms with E-state index in [4.69, 9.17) is 19.2 Å². The molecule has 5 rings (SSSR count). The van der Waals surface area contributed by atoms with Crippen LogP contribution in [0.1, 0.15) is 36.6 Å². The van der Waals surface area contributed by atoms with Crippen molar-refractivity contribution in [2.75, 3.05) is 20.3 Å². The van der Waals surface area contributed by atoms with E-state index in [1.807, 2.05) is 49.4 Å². The second kappa shape index (κ2) is 13.0. The number of carbonyl (C=O) groups is 1. The van der Waals surface area contributed by atoms with Crippen LogP contribution in [-0.4, -0.2) is 37.5 Å². The van der Waals surface area contributed by atoms with Crippen LogP contribution in [0.25, 0.3) is 11.8 Å². The van der Waals surface area contributed by atoms with Crippen molar-refractivity contribution in [1.82, 2.24) is 4.57 Å². The number of nitrogens with zero attached hydrogens (tertiary/aromatic N) is 2. The minimum atomic E-state index is -3.02. The third kappa shape index (κ3) is 6.21. The summed E-state index contributed by atoms with van der Waals surface area (Å²) in [6, 6.07) is 20.0. The molecule has 0 amide bonds. The number of hydrogen-bond donors (Lipinski definition) is 0. The van der Waals surface area contributed by atoms with Gasteiger partial charge in [0, 0.05) is 5.56 Å². The van der Waals surface area contributed by atoms with Crippen LogP contribution in [-0.2, 0) is 9.53 Å². The van der Waals surface area contributed by atoms with Crippen molar-refractivity contribution in [3.63, 3.8) is 0 Å². The second-order valence-electron chi connectivity index (χ2n) is 9.22. The van der Waals surface area contributed by atoms with Gasteiger partial charge >= 0.3 is 12.6 Å². The largest absolute Gasteiger partial charge is 0.494 e. The molecule has 4 aromatic rings. The van der Waals surface area contributed by atoms with Crippen molar-refractivity contribution in [2.24, 2.45) is 4.99 Å². The molecule has 0 aliphatic carbocycles. The third-order valence-electron chi connectivity index (χ3n) is 6.58. The lowest BCUT2D eigenvalue weighted by Crippen LogP contribution is -2.40. The summed E-state index contributed by atoms with van der Waals surface area (Å²) in [6.07, 6.45) is 1.62. The number of hydrogen-bond acceptors (Lipinski definition) is 8. The standard InChI is InChI=1S/C32H28F2N2O6S/c1-4-40-22-14-12-21(13-15-22)28-26(30(38)41-5-2)27(20-9-7-6-8-10-20)35-32-36(28)29(37)25(43-32)18-19-11-16-23(42-31(33)34)24(17-19)39-3/h6-18,28,31H,4-5H2,1-3H3/b25-18-/t28-/m0/s1. The van der Waals surface area contributed by atoms with Gasteiger partial charge in [0.15, 0.2) is 16.3 Å². The monoisotopic (exact) mass is 606 g/mol. The van der Waals surface area contributed by atoms with E-state index in [1.165, 1.54) is 23.8 Å². The first-order chi connectivity index (χ1) is 20.8. The Morgan fingerprint density at radius 1 is 1.02 bits per heavy atom. The number of methoxy groups -OCH3 is 1. The number of alkyl halides is 2. The first-order valence-corrected chi connectivity index (χ1v) is 14.3. The Kier molecular flexibility index (Phi) is 9.01. The highest BCUT2D eigenvalue weighted by Gasteiger charge is 2.35. The number of benzene rings is 3. The molecule has 0 saturated carbocycles. The zero-order valence-electron chi connectivity index (χ0n) is 23.6. The topological polar surface area (TPSA) is 88.4 Å². The van der Waals surface area contributed by atoms with Crippen LogP contribution in [0.5, 0.6) is 17.2 Å². The molecule has 3 aromatic carbocycles. The Morgan fingerprint density at radius 3 is 2.42 bits per heavy atom. The fraction of sp³-hybridized carbons (Fsp3) is 0.219. The number of aromatic nitrogens is 1. The summed E-state index contributed by atoms with van der Waals surface area (Å²) in [5, 5.41) is 0. The van der Waals surface area contributed by atoms with Crippen molar-refractivity contribution in [2.45, 2.75) is 26.5 Å². The van der Waals surface area contributed by atoms with Crippen molar-refractivity contribution in [3.05, 3.63) is 115 Å². The maximum absolute atomic E-state index is 14.0. The first-order valence-electron chi connectivity index (χ1n) is 13.5. The molecule has 0 radical (unpaired) electrons. The molecule has 1 aliphatic heterocycles. The normalized spacial score (nSPS) is 14.7. The van der Waals surface area contributed by atoms with Crippen molar-refractivity contribution < 1.29 is 32.5 Å². The molecular formula is C32H28F2N2O6S. The van der Waals surface area contributed by atoms with Gasteiger partial charge in [0.25, 0.3) is 5.56 Å². The van der Waals surface area contributed by atoms with Gasteiger partial charge in [-0.25, -0.2) is 9.79 Å². The molecule has 1 aromatic heterocycles. The van der Waals surface area contributed by atoms with Crippen LogP contribution in [0.2, 0.25) is 0 Å². The number of rotatable bonds is 10. The van der Waals surface area contributed by atoms with E-state index in [-0.39, 0.29) is 29.2 Å². The highest BCUT2D eigenvalue weighted by atomic mass is 32.1. The lowest BCUT2D eigenvalue weighted by atomic mass is 9.93. The van der Waals surface area contributed by atoms with Gasteiger partial charge in [0.2, 0.25) is 0 Å². The summed E-state index contributed by atoms with van der Waals surface area (Å²) in [5.41, 5.74) is 2.13. The van der Waals surface area contributed by atoms with E-state index < -0.39 is 18.6 Å². The Morgan fingerprint density at radius 2 is 1.77 bits per heavy atom. The molecule has 0 spiro atoms. The minimum absolute atomic E-state index is 0.0880. The van der Waals surface area contributed by atoms with Crippen LogP contribution >= 0.6 is 11.3 Å². The van der Waals surface area contributed by atoms with Crippen LogP contribution in [0.15, 0.2) is 88.2 Å². The summed E-state index contributed by atoms with van der Waals surface area (Å²) < 4.78 is 48.3. The quantitative estimate of drug-likeness (QED) is 0.238. The molecule has 1 aliphatic rings. The van der Waals surface area contributed by atoms with E-state index in [0.29, 0.717) is 44.1 Å². The van der Waals surface area contributed by atoms with Crippen LogP contribution < -0.4 is 29.1 Å². The molecule has 8 nitrogen and oxygen atoms in total. The lowest BCUT2D eigenvalue weighted by Gasteiger charge is -2.26. The molecule has 222 valence electrons. The van der Waals surface area contributed by atoms with Crippen LogP contribution in [0.4, 0.5) is 8.78 Å². The average molecular weight is 607 g/mol. The number of esters is 1. The van der Waals surface area contributed by atoms with Crippen molar-refractivity contribution in [3.8, 4) is 17.2 Å². The van der Waals surface area contributed by atoms with Gasteiger partial charge in [0.1, 0.15) is 5.75 Å². The SMILES string of the molecule is CCOC(=O)C1=C(c2ccccc2)N=c2s/c(=C\c3ccc(OC(F)F)c(OC)c3)c(=O)n2[C@H]1c1ccc(OCC)cc1. The van der Waals surface area contributed by atoms with E-state index in [1.54, 1.807) is 31.2 Å². The molecule has 1 atom stereocenters. The molecule has 2 heterocycles. The number of fused-ring (bicyclic) bond motifs is 1. The second-order valence-corrected chi connectivity index (χ2v) is 10.2. The Bertz CT molecular complexity index is 1830. The molecular weight excluding hydrogens is 578 g/mol. The van der Waals surface area contributed by atoms with E-state index in [9.17, 15) is 18.4 Å². The third-order valence-corrected chi connectivity index (χ3v) is 7.56. The summed E-state index contributed by atoms with van der Waals surface area (Å²) in [6.45, 7) is 1.21. The van der Waals surface area contributed by atoms with E-state index in [2.05, 4.69) is 4.74 Å². The van der Waals surface area contributed by atoms with Gasteiger partial charge in [-0.1, -0.05) is 59.9 Å². The average Bonchev–Trinajstić information content (AvgIpc) is 3.32. The number of halogens is 2. The van der Waals surface area contributed by atoms with E-state index in [0.717, 1.165) is 11.3 Å². The maximum Gasteiger partial charge on any atom is 0.387 e. The predicted octanol–water partition coefficient (Wildman–Crippen LogP) is 4.94. The van der Waals surface area contributed by atoms with Crippen LogP contribution in [0.3, 0.4) is 0 Å². The van der Waals surface area contributed by atoms with Gasteiger partial charge in [-0.3, -0.25) is 9.36 Å². The summed E-state index contributed by atoms with van der Waals surface area (Å²) in [5.74, 6) is 0.0256. The smallest absolute Gasteiger partial charge is 0.387 e. The van der Waals surface area contributed by atoms with Crippen molar-refractivity contribution >= 4 is 29.1 Å². The fourth-order valence-electron chi connectivity index (χ4n) is 4.79. The molecule has 11 heteroatoms. The minimum Gasteiger partial charge on any atom is -0.494 e. The molecule has 43 heavy (non-hydrogen) atoms. The summed E-state index contributed by atoms with van der Waals surface area (Å²) in [4.78, 5) is 32.8. The zero-order valence-corrected chi connectivity index (χ0v) is 24.4. The van der Waals surface area contributed by atoms with Crippen molar-refractivity contribution in [1.29, 1.82) is 0 Å². The summed E-state index contributed by atoms with van der Waals surface area (Å²) in [7, 11) is 1.34. The number of carbonyl (C=O) groups excluding carboxylic acids is 1. The van der Waals surface area contributed by atoms with Gasteiger partial charge in [0.05, 0.1) is 42.2 Å². The predicted molar refractivity (Wildman–Crippen MR) is 158 cm³/mol. The zero-order chi connectivity index (χ0) is 30.5. The molecule has 0 unspecified atom stereocenters. The summed E-state index contributed by atoms with van der Waals surface area (Å²) >= 11 is 1.15. The Balaban J connectivity index is 1.74. The van der Waals surface area contributed by atoms with Gasteiger partial charge in [-0.15, -0.1) is 0 Å². The highest BCUT2D eigenvalue weighted by molar-refractivity contribution is 7.07. The molecule has 0 bridgehead atoms. The van der Waals surface area contributed by atoms with Gasteiger partial charge in [-0.2, -0.15) is 8.78 Å². The lowest BCUT2D eigenvalue weighted by molar-refractivity contribution is -0.138. The maximum atomic E-state index is 14.0. The number of thiazole rings is 1. The van der Waals surface area contributed by atoms with Crippen LogP contribution in [0, 0.1) is 0 Å². The molecule has 0 N–H and O–H groups in total. The Labute approximate surface area is 249 Å². The first kappa shape index (κ1) is 29.7. The highest BCUT2D eigenvalue weighted by Crippen LogP contribution is 2.36. The Hall–Kier alpha value is -4.77. The molecule has 0 saturated heterocycles.